The Bertz CT molecular complexity index is 306. The Morgan fingerprint density at radius 2 is 1.79 bits per heavy atom. The lowest BCUT2D eigenvalue weighted by Gasteiger charge is -2.33. The van der Waals surface area contributed by atoms with Crippen LogP contribution in [0, 0.1) is 11.3 Å². The quantitative estimate of drug-likeness (QED) is 0.831. The molecule has 0 aromatic rings. The summed E-state index contributed by atoms with van der Waals surface area (Å²) in [6, 6.07) is -0.150. The fourth-order valence-corrected chi connectivity index (χ4v) is 2.32. The van der Waals surface area contributed by atoms with E-state index >= 15 is 0 Å². The number of nitrogens with one attached hydrogen (secondary N) is 1. The molecule has 0 radical (unpaired) electrons. The number of amides is 1. The molecule has 0 bridgehead atoms. The van der Waals surface area contributed by atoms with Gasteiger partial charge in [0.1, 0.15) is 0 Å². The van der Waals surface area contributed by atoms with Gasteiger partial charge in [0.2, 0.25) is 5.91 Å². The minimum Gasteiger partial charge on any atom is -0.353 e. The molecule has 0 spiro atoms. The molecular formula is C13H23F3N2O. The first kappa shape index (κ1) is 16.3. The molecular weight excluding hydrogens is 257 g/mol. The molecule has 0 aliphatic heterocycles. The number of hydrogen-bond acceptors (Lipinski definition) is 2. The van der Waals surface area contributed by atoms with Gasteiger partial charge >= 0.3 is 6.18 Å². The second-order valence-corrected chi connectivity index (χ2v) is 5.68. The molecule has 112 valence electrons. The van der Waals surface area contributed by atoms with Gasteiger partial charge in [-0.3, -0.25) is 4.79 Å². The van der Waals surface area contributed by atoms with E-state index in [1.165, 1.54) is 0 Å². The topological polar surface area (TPSA) is 55.1 Å². The molecule has 1 saturated carbocycles. The van der Waals surface area contributed by atoms with Crippen molar-refractivity contribution < 1.29 is 18.0 Å². The van der Waals surface area contributed by atoms with Crippen LogP contribution in [0.4, 0.5) is 13.2 Å². The van der Waals surface area contributed by atoms with Crippen molar-refractivity contribution in [1.82, 2.24) is 5.32 Å². The van der Waals surface area contributed by atoms with Crippen molar-refractivity contribution in [3.8, 4) is 0 Å². The summed E-state index contributed by atoms with van der Waals surface area (Å²) in [5.41, 5.74) is 4.97. The third-order valence-corrected chi connectivity index (χ3v) is 4.30. The third-order valence-electron chi connectivity index (χ3n) is 4.30. The largest absolute Gasteiger partial charge is 0.391 e. The molecule has 0 saturated heterocycles. The van der Waals surface area contributed by atoms with Crippen molar-refractivity contribution in [3.05, 3.63) is 0 Å². The number of rotatable bonds is 4. The van der Waals surface area contributed by atoms with E-state index in [0.717, 1.165) is 0 Å². The first-order valence-corrected chi connectivity index (χ1v) is 6.80. The van der Waals surface area contributed by atoms with Gasteiger partial charge in [0.15, 0.2) is 0 Å². The van der Waals surface area contributed by atoms with E-state index in [1.807, 2.05) is 6.92 Å². The first-order valence-electron chi connectivity index (χ1n) is 6.80. The Kier molecular flexibility index (Phi) is 5.24. The van der Waals surface area contributed by atoms with Crippen LogP contribution in [0.5, 0.6) is 0 Å². The number of halogens is 3. The molecule has 0 heterocycles. The van der Waals surface area contributed by atoms with E-state index < -0.39 is 17.5 Å². The van der Waals surface area contributed by atoms with Crippen LogP contribution in [0.3, 0.4) is 0 Å². The van der Waals surface area contributed by atoms with Gasteiger partial charge in [0.05, 0.1) is 11.3 Å². The number of alkyl halides is 3. The predicted octanol–water partition coefficient (Wildman–Crippen LogP) is 2.60. The SMILES string of the molecule is CCC(C)(CN)C(=O)NC1CCC(C(F)(F)F)CC1. The fraction of sp³-hybridized carbons (Fsp3) is 0.923. The van der Waals surface area contributed by atoms with Gasteiger partial charge in [0, 0.05) is 12.6 Å². The molecule has 1 atom stereocenters. The second kappa shape index (κ2) is 6.11. The molecule has 6 heteroatoms. The summed E-state index contributed by atoms with van der Waals surface area (Å²) in [5, 5.41) is 2.85. The van der Waals surface area contributed by atoms with Crippen molar-refractivity contribution in [2.75, 3.05) is 6.54 Å². The van der Waals surface area contributed by atoms with Gasteiger partial charge in [0.25, 0.3) is 0 Å². The number of hydrogen-bond donors (Lipinski definition) is 2. The summed E-state index contributed by atoms with van der Waals surface area (Å²) in [4.78, 5) is 12.1. The van der Waals surface area contributed by atoms with Gasteiger partial charge in [-0.1, -0.05) is 6.92 Å². The van der Waals surface area contributed by atoms with E-state index in [0.29, 0.717) is 19.3 Å². The van der Waals surface area contributed by atoms with Crippen LogP contribution in [-0.2, 0) is 4.79 Å². The van der Waals surface area contributed by atoms with E-state index in [4.69, 9.17) is 5.73 Å². The highest BCUT2D eigenvalue weighted by Crippen LogP contribution is 2.37. The summed E-state index contributed by atoms with van der Waals surface area (Å²) in [5.74, 6) is -1.36. The Morgan fingerprint density at radius 1 is 1.26 bits per heavy atom. The Labute approximate surface area is 112 Å². The lowest BCUT2D eigenvalue weighted by molar-refractivity contribution is -0.182. The number of carbonyl (C=O) groups excluding carboxylic acids is 1. The van der Waals surface area contributed by atoms with Crippen LogP contribution in [-0.4, -0.2) is 24.7 Å². The lowest BCUT2D eigenvalue weighted by atomic mass is 9.83. The van der Waals surface area contributed by atoms with E-state index in [1.54, 1.807) is 6.92 Å². The summed E-state index contributed by atoms with van der Waals surface area (Å²) in [7, 11) is 0. The van der Waals surface area contributed by atoms with Crippen molar-refractivity contribution in [3.63, 3.8) is 0 Å². The molecule has 3 nitrogen and oxygen atoms in total. The maximum Gasteiger partial charge on any atom is 0.391 e. The van der Waals surface area contributed by atoms with Crippen LogP contribution in [0.1, 0.15) is 46.0 Å². The summed E-state index contributed by atoms with van der Waals surface area (Å²) in [6.45, 7) is 3.91. The smallest absolute Gasteiger partial charge is 0.353 e. The standard InChI is InChI=1S/C13H23F3N2O/c1-3-12(2,8-17)11(19)18-10-6-4-9(5-7-10)13(14,15)16/h9-10H,3-8,17H2,1-2H3,(H,18,19). The lowest BCUT2D eigenvalue weighted by Crippen LogP contribution is -2.48. The van der Waals surface area contributed by atoms with Gasteiger partial charge in [-0.25, -0.2) is 0 Å². The van der Waals surface area contributed by atoms with Crippen molar-refractivity contribution in [2.45, 2.75) is 58.2 Å². The average molecular weight is 280 g/mol. The molecule has 0 aromatic heterocycles. The molecule has 1 fully saturated rings. The fourth-order valence-electron chi connectivity index (χ4n) is 2.32. The Hall–Kier alpha value is -0.780. The molecule has 1 rings (SSSR count). The normalized spacial score (nSPS) is 27.7. The van der Waals surface area contributed by atoms with Crippen LogP contribution < -0.4 is 11.1 Å². The molecule has 1 unspecified atom stereocenters. The van der Waals surface area contributed by atoms with Crippen LogP contribution in [0.25, 0.3) is 0 Å². The number of nitrogens with two attached hydrogens (primary N) is 1. The van der Waals surface area contributed by atoms with Gasteiger partial charge in [-0.15, -0.1) is 0 Å². The number of carbonyl (C=O) groups is 1. The van der Waals surface area contributed by atoms with Gasteiger partial charge in [-0.05, 0) is 39.0 Å². The van der Waals surface area contributed by atoms with E-state index in [-0.39, 0.29) is 31.3 Å². The highest BCUT2D eigenvalue weighted by atomic mass is 19.4. The van der Waals surface area contributed by atoms with Crippen molar-refractivity contribution >= 4 is 5.91 Å². The highest BCUT2D eigenvalue weighted by molar-refractivity contribution is 5.82. The predicted molar refractivity (Wildman–Crippen MR) is 67.4 cm³/mol. The summed E-state index contributed by atoms with van der Waals surface area (Å²) in [6.07, 6.45) is -2.52. The van der Waals surface area contributed by atoms with Crippen LogP contribution in [0.15, 0.2) is 0 Å². The zero-order valence-electron chi connectivity index (χ0n) is 11.5. The molecule has 3 N–H and O–H groups in total. The summed E-state index contributed by atoms with van der Waals surface area (Å²) >= 11 is 0. The molecule has 19 heavy (non-hydrogen) atoms. The monoisotopic (exact) mass is 280 g/mol. The average Bonchev–Trinajstić information content (AvgIpc) is 2.37. The second-order valence-electron chi connectivity index (χ2n) is 5.68. The molecule has 1 amide bonds. The zero-order chi connectivity index (χ0) is 14.7. The Balaban J connectivity index is 2.48. The summed E-state index contributed by atoms with van der Waals surface area (Å²) < 4.78 is 37.6. The Morgan fingerprint density at radius 3 is 2.16 bits per heavy atom. The first-order chi connectivity index (χ1) is 8.73. The van der Waals surface area contributed by atoms with Crippen LogP contribution >= 0.6 is 0 Å². The maximum absolute atomic E-state index is 12.5. The minimum absolute atomic E-state index is 0.0971. The van der Waals surface area contributed by atoms with Gasteiger partial charge < -0.3 is 11.1 Å². The van der Waals surface area contributed by atoms with Crippen molar-refractivity contribution in [2.24, 2.45) is 17.1 Å². The van der Waals surface area contributed by atoms with Crippen LogP contribution in [0.2, 0.25) is 0 Å². The minimum atomic E-state index is -4.11. The third kappa shape index (κ3) is 4.09. The zero-order valence-corrected chi connectivity index (χ0v) is 11.5. The van der Waals surface area contributed by atoms with E-state index in [2.05, 4.69) is 5.32 Å². The van der Waals surface area contributed by atoms with Crippen molar-refractivity contribution in [1.29, 1.82) is 0 Å². The highest BCUT2D eigenvalue weighted by Gasteiger charge is 2.42. The molecule has 1 aliphatic rings. The molecule has 0 aromatic carbocycles. The molecule has 1 aliphatic carbocycles. The van der Waals surface area contributed by atoms with E-state index in [9.17, 15) is 18.0 Å². The maximum atomic E-state index is 12.5. The van der Waals surface area contributed by atoms with Gasteiger partial charge in [-0.2, -0.15) is 13.2 Å².